The molecule has 32 heavy (non-hydrogen) atoms. The van der Waals surface area contributed by atoms with Crippen LogP contribution in [0, 0.1) is 12.8 Å². The Bertz CT molecular complexity index is 1140. The fraction of sp³-hybridized carbons (Fsp3) is 0.381. The van der Waals surface area contributed by atoms with Gasteiger partial charge in [-0.2, -0.15) is 4.31 Å². The summed E-state index contributed by atoms with van der Waals surface area (Å²) in [5, 5.41) is 3.19. The number of halogens is 1. The van der Waals surface area contributed by atoms with Crippen LogP contribution in [0.1, 0.15) is 18.4 Å². The zero-order valence-electron chi connectivity index (χ0n) is 17.6. The van der Waals surface area contributed by atoms with Gasteiger partial charge in [-0.1, -0.05) is 29.3 Å². The van der Waals surface area contributed by atoms with Crippen molar-refractivity contribution in [3.63, 3.8) is 0 Å². The third-order valence-electron chi connectivity index (χ3n) is 5.32. The number of aryl methyl sites for hydroxylation is 1. The summed E-state index contributed by atoms with van der Waals surface area (Å²) in [5.41, 5.74) is 0.961. The van der Waals surface area contributed by atoms with Crippen molar-refractivity contribution in [1.29, 1.82) is 0 Å². The number of carbonyl (C=O) groups is 1. The maximum atomic E-state index is 12.7. The number of hydrogen-bond donors (Lipinski definition) is 2. The summed E-state index contributed by atoms with van der Waals surface area (Å²) in [6.45, 7) is 2.56. The fourth-order valence-corrected chi connectivity index (χ4v) is 6.06. The van der Waals surface area contributed by atoms with Gasteiger partial charge in [0.25, 0.3) is 0 Å². The Morgan fingerprint density at radius 3 is 2.09 bits per heavy atom. The first-order valence-electron chi connectivity index (χ1n) is 10.2. The summed E-state index contributed by atoms with van der Waals surface area (Å²) in [6.07, 6.45) is 0.793. The maximum Gasteiger partial charge on any atom is 0.243 e. The summed E-state index contributed by atoms with van der Waals surface area (Å²) in [6, 6.07) is 12.5. The van der Waals surface area contributed by atoms with Gasteiger partial charge in [-0.25, -0.2) is 21.6 Å². The quantitative estimate of drug-likeness (QED) is 0.540. The number of sulfonamides is 2. The number of carbonyl (C=O) groups excluding carboxylic acids is 1. The minimum absolute atomic E-state index is 0.0613. The molecule has 1 aliphatic heterocycles. The lowest BCUT2D eigenvalue weighted by Crippen LogP contribution is -2.44. The lowest BCUT2D eigenvalue weighted by Gasteiger charge is -2.30. The summed E-state index contributed by atoms with van der Waals surface area (Å²) in [5.74, 6) is -0.525. The second kappa shape index (κ2) is 10.3. The third-order valence-corrected chi connectivity index (χ3v) is 8.97. The second-order valence-corrected chi connectivity index (χ2v) is 11.8. The second-order valence-electron chi connectivity index (χ2n) is 7.63. The summed E-state index contributed by atoms with van der Waals surface area (Å²) >= 11 is 5.82. The third kappa shape index (κ3) is 6.08. The van der Waals surface area contributed by atoms with E-state index in [0.29, 0.717) is 17.9 Å². The van der Waals surface area contributed by atoms with E-state index in [1.54, 1.807) is 12.1 Å². The highest BCUT2D eigenvalue weighted by Gasteiger charge is 2.32. The van der Waals surface area contributed by atoms with E-state index in [0.717, 1.165) is 5.56 Å². The molecule has 0 bridgehead atoms. The topological polar surface area (TPSA) is 113 Å². The molecule has 1 heterocycles. The van der Waals surface area contributed by atoms with Gasteiger partial charge >= 0.3 is 0 Å². The van der Waals surface area contributed by atoms with Gasteiger partial charge < -0.3 is 5.32 Å². The predicted octanol–water partition coefficient (Wildman–Crippen LogP) is 2.14. The maximum absolute atomic E-state index is 12.7. The van der Waals surface area contributed by atoms with Crippen molar-refractivity contribution >= 4 is 37.6 Å². The lowest BCUT2D eigenvalue weighted by molar-refractivity contribution is -0.126. The zero-order valence-corrected chi connectivity index (χ0v) is 20.0. The first-order chi connectivity index (χ1) is 15.1. The average molecular weight is 500 g/mol. The van der Waals surface area contributed by atoms with Crippen LogP contribution in [-0.4, -0.2) is 53.2 Å². The van der Waals surface area contributed by atoms with Crippen molar-refractivity contribution in [1.82, 2.24) is 14.3 Å². The van der Waals surface area contributed by atoms with E-state index < -0.39 is 20.0 Å². The van der Waals surface area contributed by atoms with Crippen LogP contribution < -0.4 is 10.0 Å². The number of amides is 1. The molecule has 1 saturated heterocycles. The molecule has 174 valence electrons. The van der Waals surface area contributed by atoms with E-state index in [2.05, 4.69) is 10.0 Å². The van der Waals surface area contributed by atoms with Crippen LogP contribution in [0.3, 0.4) is 0 Å². The number of nitrogens with one attached hydrogen (secondary N) is 2. The fourth-order valence-electron chi connectivity index (χ4n) is 3.43. The van der Waals surface area contributed by atoms with Crippen LogP contribution in [0.2, 0.25) is 5.02 Å². The molecule has 0 atom stereocenters. The number of benzene rings is 2. The number of rotatable bonds is 8. The van der Waals surface area contributed by atoms with Gasteiger partial charge in [0.2, 0.25) is 26.0 Å². The van der Waals surface area contributed by atoms with Gasteiger partial charge in [-0.3, -0.25) is 4.79 Å². The average Bonchev–Trinajstić information content (AvgIpc) is 2.77. The summed E-state index contributed by atoms with van der Waals surface area (Å²) in [7, 11) is -7.26. The molecule has 8 nitrogen and oxygen atoms in total. The minimum Gasteiger partial charge on any atom is -0.355 e. The van der Waals surface area contributed by atoms with E-state index in [9.17, 15) is 21.6 Å². The van der Waals surface area contributed by atoms with E-state index in [-0.39, 0.29) is 47.8 Å². The highest BCUT2D eigenvalue weighted by atomic mass is 35.5. The SMILES string of the molecule is Cc1ccc(S(=O)(=O)NCCNC(=O)C2CCN(S(=O)(=O)c3ccc(Cl)cc3)CC2)cc1. The minimum atomic E-state index is -3.64. The summed E-state index contributed by atoms with van der Waals surface area (Å²) in [4.78, 5) is 12.8. The Morgan fingerprint density at radius 1 is 0.938 bits per heavy atom. The monoisotopic (exact) mass is 499 g/mol. The van der Waals surface area contributed by atoms with Crippen molar-refractivity contribution in [3.05, 3.63) is 59.1 Å². The molecule has 0 radical (unpaired) electrons. The molecule has 1 amide bonds. The molecule has 0 saturated carbocycles. The molecule has 2 aromatic rings. The smallest absolute Gasteiger partial charge is 0.243 e. The normalized spacial score (nSPS) is 16.1. The van der Waals surface area contributed by atoms with Crippen molar-refractivity contribution in [2.75, 3.05) is 26.2 Å². The molecule has 0 spiro atoms. The molecular formula is C21H26ClN3O5S2. The molecule has 11 heteroatoms. The Hall–Kier alpha value is -1.98. The Labute approximate surface area is 194 Å². The molecule has 0 unspecified atom stereocenters. The van der Waals surface area contributed by atoms with E-state index >= 15 is 0 Å². The van der Waals surface area contributed by atoms with E-state index in [1.165, 1.54) is 40.7 Å². The Morgan fingerprint density at radius 2 is 1.50 bits per heavy atom. The molecule has 2 N–H and O–H groups in total. The Balaban J connectivity index is 1.44. The largest absolute Gasteiger partial charge is 0.355 e. The van der Waals surface area contributed by atoms with Crippen LogP contribution in [0.25, 0.3) is 0 Å². The van der Waals surface area contributed by atoms with Gasteiger partial charge in [0, 0.05) is 37.1 Å². The number of hydrogen-bond acceptors (Lipinski definition) is 5. The number of nitrogens with zero attached hydrogens (tertiary/aromatic N) is 1. The molecule has 0 aliphatic carbocycles. The molecule has 3 rings (SSSR count). The molecule has 1 fully saturated rings. The van der Waals surface area contributed by atoms with E-state index in [4.69, 9.17) is 11.6 Å². The molecule has 0 aromatic heterocycles. The van der Waals surface area contributed by atoms with Crippen LogP contribution in [0.15, 0.2) is 58.3 Å². The van der Waals surface area contributed by atoms with Crippen LogP contribution in [0.5, 0.6) is 0 Å². The van der Waals surface area contributed by atoms with Crippen molar-refractivity contribution in [3.8, 4) is 0 Å². The van der Waals surface area contributed by atoms with Crippen LogP contribution in [0.4, 0.5) is 0 Å². The van der Waals surface area contributed by atoms with Crippen LogP contribution in [-0.2, 0) is 24.8 Å². The predicted molar refractivity (Wildman–Crippen MR) is 122 cm³/mol. The first-order valence-corrected chi connectivity index (χ1v) is 13.5. The zero-order chi connectivity index (χ0) is 23.4. The van der Waals surface area contributed by atoms with E-state index in [1.807, 2.05) is 6.92 Å². The van der Waals surface area contributed by atoms with Crippen molar-refractivity contribution in [2.24, 2.45) is 5.92 Å². The standard InChI is InChI=1S/C21H26ClN3O5S2/c1-16-2-6-19(7-3-16)31(27,28)24-13-12-23-21(26)17-10-14-25(15-11-17)32(29,30)20-8-4-18(22)5-9-20/h2-9,17,24H,10-15H2,1H3,(H,23,26). The molecular weight excluding hydrogens is 474 g/mol. The lowest BCUT2D eigenvalue weighted by atomic mass is 9.97. The number of piperidine rings is 1. The van der Waals surface area contributed by atoms with Gasteiger partial charge in [-0.05, 0) is 56.2 Å². The van der Waals surface area contributed by atoms with Crippen molar-refractivity contribution < 1.29 is 21.6 Å². The highest BCUT2D eigenvalue weighted by molar-refractivity contribution is 7.89. The molecule has 1 aliphatic rings. The first kappa shape index (κ1) is 24.7. The summed E-state index contributed by atoms with van der Waals surface area (Å²) < 4.78 is 53.8. The van der Waals surface area contributed by atoms with Gasteiger partial charge in [0.1, 0.15) is 0 Å². The van der Waals surface area contributed by atoms with Crippen molar-refractivity contribution in [2.45, 2.75) is 29.6 Å². The van der Waals surface area contributed by atoms with Gasteiger partial charge in [0.05, 0.1) is 9.79 Å². The Kier molecular flexibility index (Phi) is 7.94. The van der Waals surface area contributed by atoms with Crippen LogP contribution >= 0.6 is 11.6 Å². The molecule has 2 aromatic carbocycles. The van der Waals surface area contributed by atoms with Gasteiger partial charge in [-0.15, -0.1) is 0 Å². The highest BCUT2D eigenvalue weighted by Crippen LogP contribution is 2.24. The van der Waals surface area contributed by atoms with Gasteiger partial charge in [0.15, 0.2) is 0 Å².